The Kier molecular flexibility index (Phi) is 8.37. The molecule has 1 aromatic rings. The van der Waals surface area contributed by atoms with Crippen LogP contribution < -0.4 is 0 Å². The highest BCUT2D eigenvalue weighted by Gasteiger charge is 2.50. The number of hydrogen-bond acceptors (Lipinski definition) is 4. The van der Waals surface area contributed by atoms with Crippen LogP contribution in [0.4, 0.5) is 13.2 Å². The molecule has 0 spiro atoms. The molecule has 0 amide bonds. The topological polar surface area (TPSA) is 74.6 Å². The van der Waals surface area contributed by atoms with Crippen LogP contribution in [0.2, 0.25) is 0 Å². The monoisotopic (exact) mass is 552 g/mol. The minimum Gasteiger partial charge on any atom is -0.393 e. The highest BCUT2D eigenvalue weighted by atomic mass is 32.2. The van der Waals surface area contributed by atoms with E-state index in [4.69, 9.17) is 0 Å². The first-order chi connectivity index (χ1) is 17.7. The van der Waals surface area contributed by atoms with Crippen molar-refractivity contribution in [2.45, 2.75) is 88.5 Å². The fourth-order valence-corrected chi connectivity index (χ4v) is 8.66. The van der Waals surface area contributed by atoms with E-state index in [0.717, 1.165) is 61.9 Å². The predicted molar refractivity (Wildman–Crippen MR) is 142 cm³/mol. The van der Waals surface area contributed by atoms with Crippen molar-refractivity contribution >= 4 is 9.84 Å². The molecule has 210 valence electrons. The van der Waals surface area contributed by atoms with Crippen molar-refractivity contribution in [3.05, 3.63) is 65.3 Å². The number of halogens is 3. The molecule has 2 N–H and O–H groups in total. The SMILES string of the molecule is C=C1/C(=C\C=C2/CCC[C@]3(C)[C@@H]([C@H](C)CCS(=O)(=O)c4ccc(C(F)(F)F)cc4)CC[C@@H]23)C[C@H](O)C[C@H]1O. The van der Waals surface area contributed by atoms with Gasteiger partial charge in [-0.2, -0.15) is 13.2 Å². The van der Waals surface area contributed by atoms with E-state index in [1.807, 2.05) is 6.08 Å². The predicted octanol–water partition coefficient (Wildman–Crippen LogP) is 6.65. The summed E-state index contributed by atoms with van der Waals surface area (Å²) in [5, 5.41) is 20.2. The number of fused-ring (bicyclic) bond motifs is 1. The summed E-state index contributed by atoms with van der Waals surface area (Å²) >= 11 is 0. The summed E-state index contributed by atoms with van der Waals surface area (Å²) in [6.07, 6.45) is 4.88. The van der Waals surface area contributed by atoms with Crippen molar-refractivity contribution in [3.63, 3.8) is 0 Å². The fourth-order valence-electron chi connectivity index (χ4n) is 7.19. The first-order valence-corrected chi connectivity index (χ1v) is 15.2. The summed E-state index contributed by atoms with van der Waals surface area (Å²) in [7, 11) is -3.68. The van der Waals surface area contributed by atoms with Crippen molar-refractivity contribution < 1.29 is 31.8 Å². The molecule has 0 unspecified atom stereocenters. The molecule has 0 aromatic heterocycles. The summed E-state index contributed by atoms with van der Waals surface area (Å²) in [5.74, 6) is 0.840. The maximum atomic E-state index is 12.9. The normalized spacial score (nSPS) is 33.5. The van der Waals surface area contributed by atoms with Crippen LogP contribution in [-0.2, 0) is 16.0 Å². The summed E-state index contributed by atoms with van der Waals surface area (Å²) < 4.78 is 64.4. The first kappa shape index (κ1) is 29.1. The number of benzene rings is 1. The van der Waals surface area contributed by atoms with Crippen molar-refractivity contribution in [2.75, 3.05) is 5.75 Å². The molecule has 0 saturated heterocycles. The summed E-state index contributed by atoms with van der Waals surface area (Å²) in [6.45, 7) is 8.44. The molecular formula is C30H39F3O4S. The third-order valence-electron chi connectivity index (χ3n) is 9.37. The lowest BCUT2D eigenvalue weighted by molar-refractivity contribution is -0.137. The van der Waals surface area contributed by atoms with Gasteiger partial charge in [0, 0.05) is 6.42 Å². The molecule has 6 atom stereocenters. The lowest BCUT2D eigenvalue weighted by Crippen LogP contribution is -2.36. The largest absolute Gasteiger partial charge is 0.416 e. The zero-order valence-electron chi connectivity index (χ0n) is 22.2. The average molecular weight is 553 g/mol. The quantitative estimate of drug-likeness (QED) is 0.415. The molecule has 3 saturated carbocycles. The summed E-state index contributed by atoms with van der Waals surface area (Å²) in [6, 6.07) is 3.77. The number of alkyl halides is 3. The number of rotatable bonds is 6. The van der Waals surface area contributed by atoms with E-state index in [2.05, 4.69) is 26.5 Å². The number of allylic oxidation sites excluding steroid dienone is 3. The lowest BCUT2D eigenvalue weighted by atomic mass is 9.61. The van der Waals surface area contributed by atoms with Gasteiger partial charge in [-0.3, -0.25) is 0 Å². The molecule has 38 heavy (non-hydrogen) atoms. The van der Waals surface area contributed by atoms with E-state index >= 15 is 0 Å². The smallest absolute Gasteiger partial charge is 0.393 e. The van der Waals surface area contributed by atoms with Gasteiger partial charge in [-0.1, -0.05) is 38.2 Å². The fraction of sp³-hybridized carbons (Fsp3) is 0.600. The van der Waals surface area contributed by atoms with Gasteiger partial charge in [-0.15, -0.1) is 0 Å². The van der Waals surface area contributed by atoms with Crippen LogP contribution in [0.15, 0.2) is 64.6 Å². The van der Waals surface area contributed by atoms with Gasteiger partial charge in [0.2, 0.25) is 0 Å². The second-order valence-electron chi connectivity index (χ2n) is 11.8. The minimum absolute atomic E-state index is 0.0583. The van der Waals surface area contributed by atoms with Gasteiger partial charge in [-0.05, 0) is 104 Å². The van der Waals surface area contributed by atoms with E-state index in [0.29, 0.717) is 36.7 Å². The highest BCUT2D eigenvalue weighted by Crippen LogP contribution is 2.59. The Balaban J connectivity index is 1.44. The Labute approximate surface area is 224 Å². The van der Waals surface area contributed by atoms with Gasteiger partial charge in [0.1, 0.15) is 0 Å². The van der Waals surface area contributed by atoms with Crippen LogP contribution in [0.1, 0.15) is 70.8 Å². The van der Waals surface area contributed by atoms with Crippen LogP contribution in [0, 0.1) is 23.2 Å². The molecule has 8 heteroatoms. The van der Waals surface area contributed by atoms with Gasteiger partial charge < -0.3 is 10.2 Å². The standard InChI is InChI=1S/C30H39F3O4S/c1-19(14-16-38(36,37)25-10-8-23(9-11-25)30(31,32)33)26-12-13-27-21(5-4-15-29(26,27)3)6-7-22-17-24(34)18-28(35)20(22)2/h6-11,19,24,26-28,34-35H,2,4-5,12-18H2,1,3H3/b21-6+,22-7-/t19-,24+,26-,27+,28-,29-/m1/s1. The maximum Gasteiger partial charge on any atom is 0.416 e. The molecule has 0 bridgehead atoms. The molecule has 3 aliphatic rings. The molecule has 4 nitrogen and oxygen atoms in total. The molecule has 0 aliphatic heterocycles. The second-order valence-corrected chi connectivity index (χ2v) is 13.9. The average Bonchev–Trinajstić information content (AvgIpc) is 3.21. The Morgan fingerprint density at radius 1 is 1.16 bits per heavy atom. The highest BCUT2D eigenvalue weighted by molar-refractivity contribution is 7.91. The number of aliphatic hydroxyl groups is 2. The van der Waals surface area contributed by atoms with E-state index < -0.39 is 33.8 Å². The van der Waals surface area contributed by atoms with Gasteiger partial charge in [0.25, 0.3) is 0 Å². The van der Waals surface area contributed by atoms with Crippen molar-refractivity contribution in [1.29, 1.82) is 0 Å². The van der Waals surface area contributed by atoms with Crippen molar-refractivity contribution in [3.8, 4) is 0 Å². The summed E-state index contributed by atoms with van der Waals surface area (Å²) in [4.78, 5) is -0.0660. The lowest BCUT2D eigenvalue weighted by Gasteiger charge is -2.44. The van der Waals surface area contributed by atoms with Crippen molar-refractivity contribution in [2.24, 2.45) is 23.2 Å². The van der Waals surface area contributed by atoms with Crippen molar-refractivity contribution in [1.82, 2.24) is 0 Å². The molecule has 0 heterocycles. The number of hydrogen-bond donors (Lipinski definition) is 2. The number of sulfone groups is 1. The van der Waals surface area contributed by atoms with E-state index in [-0.39, 0.29) is 22.0 Å². The van der Waals surface area contributed by atoms with E-state index in [1.54, 1.807) is 0 Å². The van der Waals surface area contributed by atoms with Gasteiger partial charge in [-0.25, -0.2) is 8.42 Å². The molecule has 4 rings (SSSR count). The number of aliphatic hydroxyl groups excluding tert-OH is 2. The third-order valence-corrected chi connectivity index (χ3v) is 11.1. The molecule has 1 aromatic carbocycles. The molecular weight excluding hydrogens is 513 g/mol. The second kappa shape index (κ2) is 10.9. The Morgan fingerprint density at radius 2 is 1.84 bits per heavy atom. The van der Waals surface area contributed by atoms with Gasteiger partial charge in [0.15, 0.2) is 9.84 Å². The Hall–Kier alpha value is -1.90. The Morgan fingerprint density at radius 3 is 2.50 bits per heavy atom. The third kappa shape index (κ3) is 5.97. The summed E-state index contributed by atoms with van der Waals surface area (Å²) in [5.41, 5.74) is 2.15. The zero-order chi connectivity index (χ0) is 27.9. The van der Waals surface area contributed by atoms with Crippen LogP contribution in [0.3, 0.4) is 0 Å². The zero-order valence-corrected chi connectivity index (χ0v) is 23.0. The van der Waals surface area contributed by atoms with E-state index in [9.17, 15) is 31.8 Å². The van der Waals surface area contributed by atoms with E-state index in [1.165, 1.54) is 5.57 Å². The Bertz CT molecular complexity index is 1200. The van der Waals surface area contributed by atoms with Crippen LogP contribution in [0.25, 0.3) is 0 Å². The maximum absolute atomic E-state index is 12.9. The minimum atomic E-state index is -4.50. The first-order valence-electron chi connectivity index (χ1n) is 13.6. The van der Waals surface area contributed by atoms with Crippen LogP contribution >= 0.6 is 0 Å². The molecule has 3 fully saturated rings. The van der Waals surface area contributed by atoms with Gasteiger partial charge in [0.05, 0.1) is 28.4 Å². The van der Waals surface area contributed by atoms with Crippen LogP contribution in [0.5, 0.6) is 0 Å². The molecule has 3 aliphatic carbocycles. The molecule has 0 radical (unpaired) electrons. The van der Waals surface area contributed by atoms with Gasteiger partial charge >= 0.3 is 6.18 Å². The van der Waals surface area contributed by atoms with Crippen LogP contribution in [-0.4, -0.2) is 36.6 Å².